The number of nitrogens with two attached hydrogens (primary N) is 1. The van der Waals surface area contributed by atoms with Crippen LogP contribution in [-0.2, 0) is 53.5 Å². The Morgan fingerprint density at radius 2 is 1.59 bits per heavy atom. The minimum atomic E-state index is -4.75. The Morgan fingerprint density at radius 1 is 1.02 bits per heavy atom. The van der Waals surface area contributed by atoms with Crippen molar-refractivity contribution in [1.82, 2.24) is 5.32 Å². The van der Waals surface area contributed by atoms with Crippen LogP contribution in [0.25, 0.3) is 0 Å². The van der Waals surface area contributed by atoms with Crippen LogP contribution in [0.4, 0.5) is 26.3 Å². The van der Waals surface area contributed by atoms with Crippen molar-refractivity contribution < 1.29 is 73.4 Å². The molecule has 2 aromatic carbocycles. The Balaban J connectivity index is 0.00000588. The van der Waals surface area contributed by atoms with E-state index in [-0.39, 0.29) is 39.1 Å². The first kappa shape index (κ1) is 34.6. The summed E-state index contributed by atoms with van der Waals surface area (Å²) in [5, 5.41) is 2.30. The molecule has 0 fully saturated rings. The molecule has 1 aliphatic rings. The molecule has 0 aromatic heterocycles. The minimum Gasteiger partial charge on any atom is -0.369 e. The number of carbonyl (C=O) groups is 3. The number of hydrogen-bond acceptors (Lipinski definition) is 4. The molecule has 3 atom stereocenters. The standard InChI is InChI=1S/C28H28F6N3O3.Y/c1-15-12-16(2)20-14-22(38)25(36-23(21(20)13-15)17-6-4-3-5-7-17)37-26(40)19(9-11-28(32,33)34)18(24(35)39)8-10-27(29,30)31;/h3-7,13,18-19,25H,8-11,14H2,1-2H3,(H2,35,39)(H,37,40);/q-1;/t18-,19+,25+;/m0./s1. The number of primary amides is 1. The molecule has 6 nitrogen and oxygen atoms in total. The average Bonchev–Trinajstić information content (AvgIpc) is 2.97. The fourth-order valence-electron chi connectivity index (χ4n) is 4.77. The van der Waals surface area contributed by atoms with E-state index < -0.39 is 73.6 Å². The van der Waals surface area contributed by atoms with Crippen molar-refractivity contribution in [1.29, 1.82) is 0 Å². The van der Waals surface area contributed by atoms with Crippen molar-refractivity contribution in [3.8, 4) is 0 Å². The summed E-state index contributed by atoms with van der Waals surface area (Å²) in [6.07, 6.45) is -16.3. The predicted molar refractivity (Wildman–Crippen MR) is 134 cm³/mol. The van der Waals surface area contributed by atoms with Gasteiger partial charge in [-0.3, -0.25) is 19.4 Å². The van der Waals surface area contributed by atoms with Gasteiger partial charge in [-0.1, -0.05) is 44.2 Å². The van der Waals surface area contributed by atoms with Crippen molar-refractivity contribution in [2.75, 3.05) is 0 Å². The molecule has 0 aliphatic carbocycles. The van der Waals surface area contributed by atoms with Crippen molar-refractivity contribution in [3.05, 3.63) is 70.3 Å². The van der Waals surface area contributed by atoms with Gasteiger partial charge in [0, 0.05) is 57.4 Å². The Bertz CT molecular complexity index is 1300. The molecule has 3 rings (SSSR count). The van der Waals surface area contributed by atoms with E-state index in [9.17, 15) is 40.7 Å². The molecular weight excluding hydrogens is 629 g/mol. The summed E-state index contributed by atoms with van der Waals surface area (Å²) < 4.78 is 77.8. The number of amides is 2. The molecule has 1 radical (unpaired) electrons. The van der Waals surface area contributed by atoms with E-state index in [1.807, 2.05) is 0 Å². The fraction of sp³-hybridized carbons (Fsp3) is 0.429. The van der Waals surface area contributed by atoms with E-state index in [0.29, 0.717) is 28.0 Å². The quantitative estimate of drug-likeness (QED) is 0.296. The van der Waals surface area contributed by atoms with Crippen molar-refractivity contribution >= 4 is 23.3 Å². The summed E-state index contributed by atoms with van der Waals surface area (Å²) in [6, 6.07) is 13.6. The van der Waals surface area contributed by atoms with Crippen molar-refractivity contribution in [2.45, 2.75) is 64.5 Å². The molecule has 0 spiro atoms. The van der Waals surface area contributed by atoms with Gasteiger partial charge in [-0.2, -0.15) is 49.6 Å². The van der Waals surface area contributed by atoms with Gasteiger partial charge in [-0.05, 0) is 24.8 Å². The predicted octanol–water partition coefficient (Wildman–Crippen LogP) is 4.91. The second-order valence-corrected chi connectivity index (χ2v) is 9.79. The Kier molecular flexibility index (Phi) is 11.9. The molecule has 0 saturated carbocycles. The number of hydrogen-bond donors (Lipinski definition) is 2. The van der Waals surface area contributed by atoms with E-state index >= 15 is 0 Å². The molecule has 3 N–H and O–H groups in total. The summed E-state index contributed by atoms with van der Waals surface area (Å²) in [4.78, 5) is 43.1. The number of aryl methyl sites for hydroxylation is 2. The second-order valence-electron chi connectivity index (χ2n) is 9.79. The Morgan fingerprint density at radius 3 is 2.12 bits per heavy atom. The number of carbonyl (C=O) groups excluding carboxylic acids is 3. The summed E-state index contributed by atoms with van der Waals surface area (Å²) in [7, 11) is 0. The van der Waals surface area contributed by atoms with Crippen LogP contribution in [0, 0.1) is 31.7 Å². The van der Waals surface area contributed by atoms with Crippen LogP contribution >= 0.6 is 0 Å². The number of alkyl halides is 6. The number of ketones is 1. The zero-order valence-corrected chi connectivity index (χ0v) is 25.2. The average molecular weight is 657 g/mol. The second kappa shape index (κ2) is 14.0. The molecule has 1 aliphatic heterocycles. The third-order valence-electron chi connectivity index (χ3n) is 6.68. The summed E-state index contributed by atoms with van der Waals surface area (Å²) in [5.41, 5.74) is 8.82. The van der Waals surface area contributed by atoms with Crippen LogP contribution in [0.5, 0.6) is 0 Å². The van der Waals surface area contributed by atoms with E-state index in [2.05, 4.69) is 16.4 Å². The number of benzene rings is 2. The number of Topliss-reactive ketones (excluding diaryl/α,β-unsaturated/α-hetero) is 1. The molecule has 13 heteroatoms. The Labute approximate surface area is 258 Å². The number of aliphatic imine (C=N–C) groups is 1. The van der Waals surface area contributed by atoms with Gasteiger partial charge in [0.2, 0.25) is 11.8 Å². The van der Waals surface area contributed by atoms with Gasteiger partial charge in [0.05, 0.1) is 5.71 Å². The van der Waals surface area contributed by atoms with Gasteiger partial charge in [0.1, 0.15) is 0 Å². The zero-order valence-electron chi connectivity index (χ0n) is 22.3. The summed E-state index contributed by atoms with van der Waals surface area (Å²) in [5.74, 6) is -6.87. The summed E-state index contributed by atoms with van der Waals surface area (Å²) in [6.45, 7) is 3.56. The topological polar surface area (TPSA) is 102 Å². The van der Waals surface area contributed by atoms with Gasteiger partial charge in [-0.15, -0.1) is 11.1 Å². The molecule has 2 amide bonds. The first-order valence-corrected chi connectivity index (χ1v) is 12.5. The van der Waals surface area contributed by atoms with Crippen LogP contribution < -0.4 is 11.1 Å². The summed E-state index contributed by atoms with van der Waals surface area (Å²) >= 11 is 0. The fourth-order valence-corrected chi connectivity index (χ4v) is 4.77. The largest absolute Gasteiger partial charge is 0.389 e. The van der Waals surface area contributed by atoms with Crippen molar-refractivity contribution in [2.24, 2.45) is 22.6 Å². The smallest absolute Gasteiger partial charge is 0.369 e. The zero-order chi connectivity index (χ0) is 29.8. The van der Waals surface area contributed by atoms with Crippen LogP contribution in [0.2, 0.25) is 0 Å². The SMILES string of the molecule is Cc1[c-]c(C)c2c(c1)C(c1ccccc1)=N[C@H](NC(=O)[C@H](CCC(F)(F)F)[C@H](CCC(F)(F)F)C(N)=O)C(=O)C2.[Y]. The molecule has 0 bridgehead atoms. The first-order chi connectivity index (χ1) is 18.6. The molecule has 0 unspecified atom stereocenters. The first-order valence-electron chi connectivity index (χ1n) is 12.5. The molecule has 1 heterocycles. The number of fused-ring (bicyclic) bond motifs is 1. The van der Waals surface area contributed by atoms with Gasteiger partial charge in [0.15, 0.2) is 11.9 Å². The minimum absolute atomic E-state index is 0. The van der Waals surface area contributed by atoms with Crippen LogP contribution in [-0.4, -0.2) is 41.8 Å². The normalized spacial score (nSPS) is 16.9. The van der Waals surface area contributed by atoms with E-state index in [1.165, 1.54) is 0 Å². The van der Waals surface area contributed by atoms with E-state index in [4.69, 9.17) is 5.73 Å². The maximum absolute atomic E-state index is 13.3. The van der Waals surface area contributed by atoms with Crippen LogP contribution in [0.15, 0.2) is 41.4 Å². The maximum Gasteiger partial charge on any atom is 0.389 e. The van der Waals surface area contributed by atoms with E-state index in [1.54, 1.807) is 50.2 Å². The Hall–Kier alpha value is -2.60. The van der Waals surface area contributed by atoms with Gasteiger partial charge < -0.3 is 11.1 Å². The molecule has 0 saturated heterocycles. The van der Waals surface area contributed by atoms with E-state index in [0.717, 1.165) is 5.56 Å². The monoisotopic (exact) mass is 657 g/mol. The molecule has 219 valence electrons. The van der Waals surface area contributed by atoms with Crippen molar-refractivity contribution in [3.63, 3.8) is 0 Å². The third kappa shape index (κ3) is 9.73. The third-order valence-corrected chi connectivity index (χ3v) is 6.68. The van der Waals surface area contributed by atoms with Crippen LogP contribution in [0.3, 0.4) is 0 Å². The number of nitrogens with one attached hydrogen (secondary N) is 1. The number of nitrogens with zero attached hydrogens (tertiary/aromatic N) is 1. The molecule has 2 aromatic rings. The van der Waals surface area contributed by atoms with Crippen LogP contribution in [0.1, 0.15) is 53.5 Å². The number of rotatable bonds is 9. The van der Waals surface area contributed by atoms with Gasteiger partial charge in [-0.25, -0.2) is 0 Å². The molecular formula is C28H28F6N3O3Y-. The van der Waals surface area contributed by atoms with Gasteiger partial charge >= 0.3 is 12.4 Å². The van der Waals surface area contributed by atoms with Gasteiger partial charge in [0.25, 0.3) is 0 Å². The number of halogens is 6. The molecule has 41 heavy (non-hydrogen) atoms. The maximum atomic E-state index is 13.3.